The molecule has 1 aliphatic rings. The van der Waals surface area contributed by atoms with E-state index in [0.29, 0.717) is 6.61 Å². The van der Waals surface area contributed by atoms with Crippen LogP contribution in [0.15, 0.2) is 18.2 Å². The SMILES string of the molecule is CCOC(=O)C1NCCc2cc(O)ccc21. The molecule has 1 aliphatic heterocycles. The first kappa shape index (κ1) is 11.0. The lowest BCUT2D eigenvalue weighted by Gasteiger charge is -2.25. The summed E-state index contributed by atoms with van der Waals surface area (Å²) in [6.07, 6.45) is 0.819. The Morgan fingerprint density at radius 2 is 2.44 bits per heavy atom. The Hall–Kier alpha value is -1.55. The Labute approximate surface area is 94.2 Å². The summed E-state index contributed by atoms with van der Waals surface area (Å²) in [4.78, 5) is 11.7. The van der Waals surface area contributed by atoms with Crippen molar-refractivity contribution < 1.29 is 14.6 Å². The minimum atomic E-state index is -0.399. The van der Waals surface area contributed by atoms with E-state index >= 15 is 0 Å². The summed E-state index contributed by atoms with van der Waals surface area (Å²) in [5, 5.41) is 12.5. The van der Waals surface area contributed by atoms with Gasteiger partial charge in [0.1, 0.15) is 11.8 Å². The van der Waals surface area contributed by atoms with Crippen LogP contribution in [0, 0.1) is 0 Å². The third kappa shape index (κ3) is 2.02. The molecule has 0 bridgehead atoms. The lowest BCUT2D eigenvalue weighted by Crippen LogP contribution is -2.36. The van der Waals surface area contributed by atoms with Crippen molar-refractivity contribution in [2.75, 3.05) is 13.2 Å². The van der Waals surface area contributed by atoms with Crippen molar-refractivity contribution in [3.8, 4) is 5.75 Å². The first-order valence-electron chi connectivity index (χ1n) is 5.44. The highest BCUT2D eigenvalue weighted by atomic mass is 16.5. The number of hydrogen-bond acceptors (Lipinski definition) is 4. The van der Waals surface area contributed by atoms with Crippen LogP contribution in [0.4, 0.5) is 0 Å². The Kier molecular flexibility index (Phi) is 3.10. The average molecular weight is 221 g/mol. The number of aromatic hydroxyl groups is 1. The van der Waals surface area contributed by atoms with Crippen LogP contribution >= 0.6 is 0 Å². The zero-order valence-electron chi connectivity index (χ0n) is 9.19. The van der Waals surface area contributed by atoms with Gasteiger partial charge in [0.05, 0.1) is 6.61 Å². The summed E-state index contributed by atoms with van der Waals surface area (Å²) < 4.78 is 5.00. The zero-order valence-corrected chi connectivity index (χ0v) is 9.19. The van der Waals surface area contributed by atoms with Gasteiger partial charge in [-0.1, -0.05) is 6.07 Å². The van der Waals surface area contributed by atoms with Crippen LogP contribution in [0.5, 0.6) is 5.75 Å². The quantitative estimate of drug-likeness (QED) is 0.735. The number of ether oxygens (including phenoxy) is 1. The van der Waals surface area contributed by atoms with E-state index in [-0.39, 0.29) is 11.7 Å². The van der Waals surface area contributed by atoms with Crippen LogP contribution in [0.3, 0.4) is 0 Å². The summed E-state index contributed by atoms with van der Waals surface area (Å²) in [7, 11) is 0. The molecule has 0 amide bonds. The molecule has 2 rings (SSSR count). The number of carbonyl (C=O) groups is 1. The molecule has 2 N–H and O–H groups in total. The molecule has 1 aromatic carbocycles. The molecule has 86 valence electrons. The number of carbonyl (C=O) groups excluding carboxylic acids is 1. The lowest BCUT2D eigenvalue weighted by molar-refractivity contribution is -0.146. The van der Waals surface area contributed by atoms with E-state index in [0.717, 1.165) is 24.1 Å². The second kappa shape index (κ2) is 4.53. The van der Waals surface area contributed by atoms with Crippen LogP contribution in [-0.2, 0) is 16.0 Å². The van der Waals surface area contributed by atoms with Crippen LogP contribution in [0.1, 0.15) is 24.1 Å². The van der Waals surface area contributed by atoms with Gasteiger partial charge in [0, 0.05) is 6.54 Å². The highest BCUT2D eigenvalue weighted by Gasteiger charge is 2.27. The Balaban J connectivity index is 2.29. The molecule has 0 saturated carbocycles. The van der Waals surface area contributed by atoms with Crippen molar-refractivity contribution in [1.82, 2.24) is 5.32 Å². The topological polar surface area (TPSA) is 58.6 Å². The summed E-state index contributed by atoms with van der Waals surface area (Å²) in [5.74, 6) is -0.0163. The van der Waals surface area contributed by atoms with Crippen LogP contribution in [0.2, 0.25) is 0 Å². The Morgan fingerprint density at radius 3 is 3.19 bits per heavy atom. The maximum Gasteiger partial charge on any atom is 0.327 e. The zero-order chi connectivity index (χ0) is 11.5. The number of benzene rings is 1. The summed E-state index contributed by atoms with van der Waals surface area (Å²) >= 11 is 0. The number of nitrogens with one attached hydrogen (secondary N) is 1. The molecule has 0 spiro atoms. The minimum absolute atomic E-state index is 0.239. The van der Waals surface area contributed by atoms with Gasteiger partial charge < -0.3 is 15.2 Å². The Morgan fingerprint density at radius 1 is 1.62 bits per heavy atom. The fourth-order valence-corrected chi connectivity index (χ4v) is 1.99. The maximum atomic E-state index is 11.7. The second-order valence-electron chi connectivity index (χ2n) is 3.77. The molecule has 1 unspecified atom stereocenters. The molecule has 0 aliphatic carbocycles. The molecular formula is C12H15NO3. The largest absolute Gasteiger partial charge is 0.508 e. The summed E-state index contributed by atoms with van der Waals surface area (Å²) in [5.41, 5.74) is 1.92. The van der Waals surface area contributed by atoms with E-state index in [2.05, 4.69) is 5.32 Å². The minimum Gasteiger partial charge on any atom is -0.508 e. The smallest absolute Gasteiger partial charge is 0.327 e. The van der Waals surface area contributed by atoms with E-state index < -0.39 is 6.04 Å². The highest BCUT2D eigenvalue weighted by molar-refractivity contribution is 5.78. The predicted octanol–water partition coefficient (Wildman–Crippen LogP) is 1.14. The van der Waals surface area contributed by atoms with Gasteiger partial charge in [0.2, 0.25) is 0 Å². The van der Waals surface area contributed by atoms with E-state index in [1.807, 2.05) is 0 Å². The van der Waals surface area contributed by atoms with Crippen molar-refractivity contribution >= 4 is 5.97 Å². The number of hydrogen-bond donors (Lipinski definition) is 2. The first-order valence-corrected chi connectivity index (χ1v) is 5.44. The average Bonchev–Trinajstić information content (AvgIpc) is 2.28. The van der Waals surface area contributed by atoms with E-state index in [1.54, 1.807) is 25.1 Å². The molecule has 4 heteroatoms. The highest BCUT2D eigenvalue weighted by Crippen LogP contribution is 2.26. The van der Waals surface area contributed by atoms with Crippen molar-refractivity contribution in [2.45, 2.75) is 19.4 Å². The maximum absolute atomic E-state index is 11.7. The Bertz CT molecular complexity index is 403. The molecule has 0 aromatic heterocycles. The molecule has 0 saturated heterocycles. The van der Waals surface area contributed by atoms with Crippen molar-refractivity contribution in [3.05, 3.63) is 29.3 Å². The van der Waals surface area contributed by atoms with E-state index in [9.17, 15) is 9.90 Å². The number of fused-ring (bicyclic) bond motifs is 1. The van der Waals surface area contributed by atoms with Gasteiger partial charge in [0.25, 0.3) is 0 Å². The van der Waals surface area contributed by atoms with Gasteiger partial charge in [-0.3, -0.25) is 0 Å². The molecule has 1 heterocycles. The molecule has 16 heavy (non-hydrogen) atoms. The monoisotopic (exact) mass is 221 g/mol. The van der Waals surface area contributed by atoms with Crippen molar-refractivity contribution in [2.24, 2.45) is 0 Å². The van der Waals surface area contributed by atoms with Crippen LogP contribution < -0.4 is 5.32 Å². The third-order valence-corrected chi connectivity index (χ3v) is 2.70. The first-order chi connectivity index (χ1) is 7.72. The van der Waals surface area contributed by atoms with Crippen LogP contribution in [-0.4, -0.2) is 24.2 Å². The number of phenols is 1. The number of rotatable bonds is 2. The van der Waals surface area contributed by atoms with Gasteiger partial charge in [0.15, 0.2) is 0 Å². The molecule has 0 fully saturated rings. The van der Waals surface area contributed by atoms with E-state index in [4.69, 9.17) is 4.74 Å². The predicted molar refractivity (Wildman–Crippen MR) is 59.2 cm³/mol. The molecule has 0 radical (unpaired) electrons. The number of phenolic OH excluding ortho intramolecular Hbond substituents is 1. The lowest BCUT2D eigenvalue weighted by atomic mass is 9.94. The molecule has 1 aromatic rings. The van der Waals surface area contributed by atoms with Gasteiger partial charge >= 0.3 is 5.97 Å². The normalized spacial score (nSPS) is 18.9. The fourth-order valence-electron chi connectivity index (χ4n) is 1.99. The second-order valence-corrected chi connectivity index (χ2v) is 3.77. The molecular weight excluding hydrogens is 206 g/mol. The fraction of sp³-hybridized carbons (Fsp3) is 0.417. The van der Waals surface area contributed by atoms with Crippen molar-refractivity contribution in [3.63, 3.8) is 0 Å². The van der Waals surface area contributed by atoms with Gasteiger partial charge in [-0.05, 0) is 36.6 Å². The van der Waals surface area contributed by atoms with Crippen molar-refractivity contribution in [1.29, 1.82) is 0 Å². The van der Waals surface area contributed by atoms with Gasteiger partial charge in [-0.15, -0.1) is 0 Å². The van der Waals surface area contributed by atoms with E-state index in [1.165, 1.54) is 0 Å². The van der Waals surface area contributed by atoms with Crippen LogP contribution in [0.25, 0.3) is 0 Å². The standard InChI is InChI=1S/C12H15NO3/c1-2-16-12(15)11-10-4-3-9(14)7-8(10)5-6-13-11/h3-4,7,11,13-14H,2,5-6H2,1H3. The molecule has 4 nitrogen and oxygen atoms in total. The van der Waals surface area contributed by atoms with Gasteiger partial charge in [-0.25, -0.2) is 4.79 Å². The third-order valence-electron chi connectivity index (χ3n) is 2.70. The molecule has 1 atom stereocenters. The summed E-state index contributed by atoms with van der Waals surface area (Å²) in [6, 6.07) is 4.68. The van der Waals surface area contributed by atoms with Gasteiger partial charge in [-0.2, -0.15) is 0 Å². The summed E-state index contributed by atoms with van der Waals surface area (Å²) in [6.45, 7) is 2.89. The number of esters is 1.